The Morgan fingerprint density at radius 2 is 2.04 bits per heavy atom. The Balaban J connectivity index is 2.22. The molecule has 0 aliphatic carbocycles. The normalized spacial score (nSPS) is 14.0. The first kappa shape index (κ1) is 18.2. The summed E-state index contributed by atoms with van der Waals surface area (Å²) in [5.41, 5.74) is 11.0. The van der Waals surface area contributed by atoms with Crippen LogP contribution < -0.4 is 11.1 Å². The van der Waals surface area contributed by atoms with Crippen LogP contribution in [0.5, 0.6) is 0 Å². The van der Waals surface area contributed by atoms with Crippen molar-refractivity contribution in [1.82, 2.24) is 5.32 Å². The molecule has 2 aromatic carbocycles. The quantitative estimate of drug-likeness (QED) is 0.861. The molecule has 0 unspecified atom stereocenters. The summed E-state index contributed by atoms with van der Waals surface area (Å²) < 4.78 is 0. The van der Waals surface area contributed by atoms with Gasteiger partial charge in [0.2, 0.25) is 5.91 Å². The standard InChI is InChI=1S/C21H20ClN3O/c1-13-16(9-14-5-7-25-8-6-14)10-17(22)11-19(13)20-15(12-23)3-2-4-18(20)21(24)26/h2-4,9-11,25H,5-8H2,1H3,(H2,24,26). The molecule has 132 valence electrons. The van der Waals surface area contributed by atoms with Crippen LogP contribution in [0.3, 0.4) is 0 Å². The summed E-state index contributed by atoms with van der Waals surface area (Å²) in [6.45, 7) is 3.93. The van der Waals surface area contributed by atoms with Crippen LogP contribution in [0, 0.1) is 18.3 Å². The summed E-state index contributed by atoms with van der Waals surface area (Å²) in [5.74, 6) is -0.560. The molecule has 0 spiro atoms. The van der Waals surface area contributed by atoms with Crippen LogP contribution in [-0.4, -0.2) is 19.0 Å². The van der Waals surface area contributed by atoms with Gasteiger partial charge >= 0.3 is 0 Å². The molecule has 3 N–H and O–H groups in total. The van der Waals surface area contributed by atoms with E-state index in [1.165, 1.54) is 5.57 Å². The third-order valence-corrected chi connectivity index (χ3v) is 4.96. The topological polar surface area (TPSA) is 78.9 Å². The number of halogens is 1. The largest absolute Gasteiger partial charge is 0.366 e. The minimum absolute atomic E-state index is 0.329. The van der Waals surface area contributed by atoms with Gasteiger partial charge in [-0.25, -0.2) is 0 Å². The summed E-state index contributed by atoms with van der Waals surface area (Å²) in [7, 11) is 0. The zero-order valence-electron chi connectivity index (χ0n) is 14.6. The molecule has 2 aromatic rings. The fourth-order valence-corrected chi connectivity index (χ4v) is 3.59. The second kappa shape index (κ2) is 7.74. The van der Waals surface area contributed by atoms with E-state index >= 15 is 0 Å². The number of nitrogens with one attached hydrogen (secondary N) is 1. The Morgan fingerprint density at radius 3 is 2.69 bits per heavy atom. The molecule has 0 aromatic heterocycles. The lowest BCUT2D eigenvalue weighted by molar-refractivity contribution is 0.100. The first-order valence-electron chi connectivity index (χ1n) is 8.55. The number of primary amides is 1. The lowest BCUT2D eigenvalue weighted by Crippen LogP contribution is -2.22. The summed E-state index contributed by atoms with van der Waals surface area (Å²) in [6.07, 6.45) is 4.18. The van der Waals surface area contributed by atoms with Gasteiger partial charge < -0.3 is 11.1 Å². The highest BCUT2D eigenvalue weighted by Crippen LogP contribution is 2.35. The number of benzene rings is 2. The maximum absolute atomic E-state index is 11.9. The monoisotopic (exact) mass is 365 g/mol. The lowest BCUT2D eigenvalue weighted by Gasteiger charge is -2.18. The summed E-state index contributed by atoms with van der Waals surface area (Å²) in [5, 5.41) is 13.4. The van der Waals surface area contributed by atoms with Crippen molar-refractivity contribution in [1.29, 1.82) is 5.26 Å². The Labute approximate surface area is 158 Å². The molecule has 1 amide bonds. The Bertz CT molecular complexity index is 933. The smallest absolute Gasteiger partial charge is 0.249 e. The number of carbonyl (C=O) groups excluding carboxylic acids is 1. The first-order valence-corrected chi connectivity index (χ1v) is 8.92. The van der Waals surface area contributed by atoms with E-state index in [-0.39, 0.29) is 0 Å². The average molecular weight is 366 g/mol. The van der Waals surface area contributed by atoms with Crippen LogP contribution in [-0.2, 0) is 0 Å². The zero-order chi connectivity index (χ0) is 18.7. The van der Waals surface area contributed by atoms with Crippen LogP contribution in [0.25, 0.3) is 17.2 Å². The maximum atomic E-state index is 11.9. The lowest BCUT2D eigenvalue weighted by atomic mass is 9.89. The maximum Gasteiger partial charge on any atom is 0.249 e. The fourth-order valence-electron chi connectivity index (χ4n) is 3.36. The molecule has 5 heteroatoms. The van der Waals surface area contributed by atoms with E-state index in [4.69, 9.17) is 17.3 Å². The van der Waals surface area contributed by atoms with Crippen molar-refractivity contribution in [3.63, 3.8) is 0 Å². The molecule has 1 heterocycles. The van der Waals surface area contributed by atoms with Crippen molar-refractivity contribution < 1.29 is 4.79 Å². The van der Waals surface area contributed by atoms with Gasteiger partial charge in [0.05, 0.1) is 11.6 Å². The third-order valence-electron chi connectivity index (χ3n) is 4.74. The van der Waals surface area contributed by atoms with Gasteiger partial charge in [-0.1, -0.05) is 29.3 Å². The number of rotatable bonds is 3. The Kier molecular flexibility index (Phi) is 5.41. The number of nitrogens with zero attached hydrogens (tertiary/aromatic N) is 1. The number of hydrogen-bond acceptors (Lipinski definition) is 3. The van der Waals surface area contributed by atoms with E-state index < -0.39 is 5.91 Å². The van der Waals surface area contributed by atoms with Crippen molar-refractivity contribution >= 4 is 23.6 Å². The first-order chi connectivity index (χ1) is 12.5. The van der Waals surface area contributed by atoms with Crippen LogP contribution in [0.15, 0.2) is 35.9 Å². The summed E-state index contributed by atoms with van der Waals surface area (Å²) >= 11 is 6.38. The van der Waals surface area contributed by atoms with E-state index in [1.807, 2.05) is 13.0 Å². The van der Waals surface area contributed by atoms with Gasteiger partial charge in [-0.05, 0) is 73.8 Å². The summed E-state index contributed by atoms with van der Waals surface area (Å²) in [6, 6.07) is 10.9. The van der Waals surface area contributed by atoms with Crippen molar-refractivity contribution in [2.75, 3.05) is 13.1 Å². The molecule has 1 saturated heterocycles. The number of carbonyl (C=O) groups is 1. The van der Waals surface area contributed by atoms with Gasteiger partial charge in [0.25, 0.3) is 0 Å². The van der Waals surface area contributed by atoms with Crippen LogP contribution in [0.1, 0.15) is 39.9 Å². The number of nitriles is 1. The number of nitrogens with two attached hydrogens (primary N) is 1. The SMILES string of the molecule is Cc1c(C=C2CCNCC2)cc(Cl)cc1-c1c(C#N)cccc1C(N)=O. The minimum atomic E-state index is -0.560. The number of amides is 1. The van der Waals surface area contributed by atoms with Gasteiger partial charge in [-0.2, -0.15) is 5.26 Å². The van der Waals surface area contributed by atoms with Gasteiger partial charge in [-0.3, -0.25) is 4.79 Å². The van der Waals surface area contributed by atoms with Crippen LogP contribution in [0.2, 0.25) is 5.02 Å². The van der Waals surface area contributed by atoms with Crippen molar-refractivity contribution in [3.05, 3.63) is 63.2 Å². The van der Waals surface area contributed by atoms with Gasteiger partial charge in [-0.15, -0.1) is 0 Å². The third kappa shape index (κ3) is 3.65. The molecule has 0 radical (unpaired) electrons. The van der Waals surface area contributed by atoms with Gasteiger partial charge in [0.15, 0.2) is 0 Å². The van der Waals surface area contributed by atoms with E-state index in [0.717, 1.165) is 42.6 Å². The summed E-state index contributed by atoms with van der Waals surface area (Å²) in [4.78, 5) is 11.9. The second-order valence-corrected chi connectivity index (χ2v) is 6.86. The minimum Gasteiger partial charge on any atom is -0.366 e. The highest BCUT2D eigenvalue weighted by atomic mass is 35.5. The van der Waals surface area contributed by atoms with Crippen molar-refractivity contribution in [2.45, 2.75) is 19.8 Å². The van der Waals surface area contributed by atoms with Crippen molar-refractivity contribution in [2.24, 2.45) is 5.73 Å². The van der Waals surface area contributed by atoms with Gasteiger partial charge in [0.1, 0.15) is 0 Å². The average Bonchev–Trinajstić information content (AvgIpc) is 2.64. The van der Waals surface area contributed by atoms with E-state index in [1.54, 1.807) is 24.3 Å². The number of piperidine rings is 1. The Hall–Kier alpha value is -2.61. The van der Waals surface area contributed by atoms with E-state index in [9.17, 15) is 10.1 Å². The molecule has 0 saturated carbocycles. The van der Waals surface area contributed by atoms with Crippen LogP contribution >= 0.6 is 11.6 Å². The predicted octanol–water partition coefficient (Wildman–Crippen LogP) is 4.05. The molecule has 26 heavy (non-hydrogen) atoms. The number of hydrogen-bond donors (Lipinski definition) is 2. The van der Waals surface area contributed by atoms with Gasteiger partial charge in [0, 0.05) is 16.1 Å². The fraction of sp³-hybridized carbons (Fsp3) is 0.238. The molecule has 1 aliphatic heterocycles. The zero-order valence-corrected chi connectivity index (χ0v) is 15.4. The molecular formula is C21H20ClN3O. The molecule has 0 bridgehead atoms. The highest BCUT2D eigenvalue weighted by Gasteiger charge is 2.18. The van der Waals surface area contributed by atoms with E-state index in [0.29, 0.717) is 21.7 Å². The molecule has 1 fully saturated rings. The van der Waals surface area contributed by atoms with Crippen molar-refractivity contribution in [3.8, 4) is 17.2 Å². The van der Waals surface area contributed by atoms with E-state index in [2.05, 4.69) is 17.5 Å². The second-order valence-electron chi connectivity index (χ2n) is 6.42. The Morgan fingerprint density at radius 1 is 1.31 bits per heavy atom. The molecule has 4 nitrogen and oxygen atoms in total. The molecule has 0 atom stereocenters. The molecule has 3 rings (SSSR count). The predicted molar refractivity (Wildman–Crippen MR) is 105 cm³/mol. The molecular weight excluding hydrogens is 346 g/mol. The van der Waals surface area contributed by atoms with Crippen LogP contribution in [0.4, 0.5) is 0 Å². The highest BCUT2D eigenvalue weighted by molar-refractivity contribution is 6.31. The molecule has 1 aliphatic rings.